The SMILES string of the molecule is NC(=O)c1cccc(OC(=O)C(F)(F)F)c1. The van der Waals surface area contributed by atoms with E-state index >= 15 is 0 Å². The number of carbonyl (C=O) groups excluding carboxylic acids is 2. The van der Waals surface area contributed by atoms with Crippen molar-refractivity contribution in [1.82, 2.24) is 0 Å². The van der Waals surface area contributed by atoms with Crippen molar-refractivity contribution in [3.05, 3.63) is 29.8 Å². The summed E-state index contributed by atoms with van der Waals surface area (Å²) in [7, 11) is 0. The van der Waals surface area contributed by atoms with Crippen LogP contribution in [0, 0.1) is 0 Å². The van der Waals surface area contributed by atoms with E-state index in [0.29, 0.717) is 0 Å². The molecule has 1 aromatic carbocycles. The standard InChI is InChI=1S/C9H6F3NO3/c10-9(11,12)8(15)16-6-3-1-2-5(4-6)7(13)14/h1-4H,(H2,13,14). The highest BCUT2D eigenvalue weighted by Crippen LogP contribution is 2.20. The first kappa shape index (κ1) is 12.0. The Morgan fingerprint density at radius 1 is 1.25 bits per heavy atom. The van der Waals surface area contributed by atoms with Gasteiger partial charge in [-0.3, -0.25) is 4.79 Å². The Morgan fingerprint density at radius 3 is 2.38 bits per heavy atom. The first-order valence-corrected chi connectivity index (χ1v) is 3.99. The number of hydrogen-bond donors (Lipinski definition) is 1. The molecule has 1 rings (SSSR count). The lowest BCUT2D eigenvalue weighted by atomic mass is 10.2. The van der Waals surface area contributed by atoms with E-state index in [0.717, 1.165) is 12.1 Å². The van der Waals surface area contributed by atoms with Gasteiger partial charge in [-0.1, -0.05) is 6.07 Å². The molecule has 0 atom stereocenters. The third-order valence-electron chi connectivity index (χ3n) is 1.56. The van der Waals surface area contributed by atoms with E-state index < -0.39 is 23.8 Å². The van der Waals surface area contributed by atoms with Crippen LogP contribution in [0.1, 0.15) is 10.4 Å². The van der Waals surface area contributed by atoms with Gasteiger partial charge in [-0.2, -0.15) is 13.2 Å². The summed E-state index contributed by atoms with van der Waals surface area (Å²) >= 11 is 0. The highest BCUT2D eigenvalue weighted by atomic mass is 19.4. The number of ether oxygens (including phenoxy) is 1. The quantitative estimate of drug-likeness (QED) is 0.617. The number of nitrogens with two attached hydrogens (primary N) is 1. The van der Waals surface area contributed by atoms with Crippen LogP contribution in [-0.2, 0) is 4.79 Å². The molecule has 7 heteroatoms. The Hall–Kier alpha value is -2.05. The van der Waals surface area contributed by atoms with Gasteiger partial charge < -0.3 is 10.5 Å². The average Bonchev–Trinajstić information content (AvgIpc) is 2.16. The molecule has 0 saturated heterocycles. The molecule has 0 aliphatic rings. The minimum absolute atomic E-state index is 0.0486. The van der Waals surface area contributed by atoms with E-state index in [1.165, 1.54) is 12.1 Å². The summed E-state index contributed by atoms with van der Waals surface area (Å²) in [5.74, 6) is -3.57. The van der Waals surface area contributed by atoms with E-state index in [4.69, 9.17) is 5.73 Å². The predicted molar refractivity (Wildman–Crippen MR) is 46.6 cm³/mol. The first-order chi connectivity index (χ1) is 7.30. The Kier molecular flexibility index (Phi) is 3.17. The topological polar surface area (TPSA) is 69.4 Å². The number of hydrogen-bond acceptors (Lipinski definition) is 3. The molecule has 0 aromatic heterocycles. The fourth-order valence-corrected chi connectivity index (χ4v) is 0.878. The summed E-state index contributed by atoms with van der Waals surface area (Å²) in [6.45, 7) is 0. The van der Waals surface area contributed by atoms with Crippen LogP contribution in [0.5, 0.6) is 5.75 Å². The van der Waals surface area contributed by atoms with Gasteiger partial charge in [0.1, 0.15) is 5.75 Å². The zero-order valence-corrected chi connectivity index (χ0v) is 7.75. The highest BCUT2D eigenvalue weighted by Gasteiger charge is 2.41. The molecular formula is C9H6F3NO3. The van der Waals surface area contributed by atoms with Gasteiger partial charge in [0.25, 0.3) is 0 Å². The Balaban J connectivity index is 2.87. The lowest BCUT2D eigenvalue weighted by Gasteiger charge is -2.07. The lowest BCUT2D eigenvalue weighted by Crippen LogP contribution is -2.28. The molecule has 0 fully saturated rings. The van der Waals surface area contributed by atoms with Gasteiger partial charge >= 0.3 is 12.1 Å². The number of primary amides is 1. The Bertz CT molecular complexity index is 428. The van der Waals surface area contributed by atoms with Crippen molar-refractivity contribution in [3.8, 4) is 5.75 Å². The van der Waals surface area contributed by atoms with Crippen LogP contribution in [0.3, 0.4) is 0 Å². The van der Waals surface area contributed by atoms with Crippen LogP contribution in [0.15, 0.2) is 24.3 Å². The lowest BCUT2D eigenvalue weighted by molar-refractivity contribution is -0.189. The zero-order valence-electron chi connectivity index (χ0n) is 7.75. The van der Waals surface area contributed by atoms with Crippen LogP contribution in [0.25, 0.3) is 0 Å². The highest BCUT2D eigenvalue weighted by molar-refractivity contribution is 5.93. The van der Waals surface area contributed by atoms with Crippen molar-refractivity contribution >= 4 is 11.9 Å². The molecule has 0 saturated carbocycles. The largest absolute Gasteiger partial charge is 0.491 e. The predicted octanol–water partition coefficient (Wildman–Crippen LogP) is 1.25. The van der Waals surface area contributed by atoms with Gasteiger partial charge in [-0.25, -0.2) is 4.79 Å². The summed E-state index contributed by atoms with van der Waals surface area (Å²) in [5, 5.41) is 0. The molecule has 0 spiro atoms. The van der Waals surface area contributed by atoms with Gasteiger partial charge in [0.2, 0.25) is 5.91 Å². The van der Waals surface area contributed by atoms with Crippen molar-refractivity contribution in [3.63, 3.8) is 0 Å². The second-order valence-electron chi connectivity index (χ2n) is 2.78. The Labute approximate surface area is 87.8 Å². The van der Waals surface area contributed by atoms with E-state index in [1.54, 1.807) is 0 Å². The molecule has 0 aliphatic heterocycles. The second-order valence-corrected chi connectivity index (χ2v) is 2.78. The maximum Gasteiger partial charge on any atom is 0.491 e. The average molecular weight is 233 g/mol. The van der Waals surface area contributed by atoms with Gasteiger partial charge in [0.05, 0.1) is 0 Å². The van der Waals surface area contributed by atoms with Gasteiger partial charge in [0.15, 0.2) is 0 Å². The van der Waals surface area contributed by atoms with Crippen LogP contribution in [0.4, 0.5) is 13.2 Å². The van der Waals surface area contributed by atoms with Crippen molar-refractivity contribution in [1.29, 1.82) is 0 Å². The van der Waals surface area contributed by atoms with E-state index in [9.17, 15) is 22.8 Å². The normalized spacial score (nSPS) is 10.9. The third-order valence-corrected chi connectivity index (χ3v) is 1.56. The second kappa shape index (κ2) is 4.21. The maximum atomic E-state index is 11.8. The van der Waals surface area contributed by atoms with Crippen molar-refractivity contribution in [2.24, 2.45) is 5.73 Å². The first-order valence-electron chi connectivity index (χ1n) is 3.99. The number of halogens is 3. The summed E-state index contributed by atoms with van der Waals surface area (Å²) in [5.41, 5.74) is 4.85. The molecule has 86 valence electrons. The van der Waals surface area contributed by atoms with Crippen LogP contribution < -0.4 is 10.5 Å². The molecule has 16 heavy (non-hydrogen) atoms. The maximum absolute atomic E-state index is 11.8. The molecule has 0 radical (unpaired) electrons. The van der Waals surface area contributed by atoms with Crippen LogP contribution >= 0.6 is 0 Å². The zero-order chi connectivity index (χ0) is 12.3. The number of rotatable bonds is 2. The molecule has 1 amide bonds. The van der Waals surface area contributed by atoms with Gasteiger partial charge in [0, 0.05) is 5.56 Å². The molecule has 0 heterocycles. The molecule has 0 bridgehead atoms. The van der Waals surface area contributed by atoms with Crippen molar-refractivity contribution in [2.75, 3.05) is 0 Å². The van der Waals surface area contributed by atoms with Crippen LogP contribution in [0.2, 0.25) is 0 Å². The number of carbonyl (C=O) groups is 2. The smallest absolute Gasteiger partial charge is 0.420 e. The number of alkyl halides is 3. The fraction of sp³-hybridized carbons (Fsp3) is 0.111. The van der Waals surface area contributed by atoms with Gasteiger partial charge in [-0.15, -0.1) is 0 Å². The number of amides is 1. The molecule has 0 aliphatic carbocycles. The van der Waals surface area contributed by atoms with Gasteiger partial charge in [-0.05, 0) is 18.2 Å². The summed E-state index contributed by atoms with van der Waals surface area (Å²) in [6, 6.07) is 4.59. The Morgan fingerprint density at radius 2 is 1.88 bits per heavy atom. The van der Waals surface area contributed by atoms with Crippen LogP contribution in [-0.4, -0.2) is 18.1 Å². The minimum atomic E-state index is -5.08. The van der Waals surface area contributed by atoms with E-state index in [-0.39, 0.29) is 5.56 Å². The van der Waals surface area contributed by atoms with E-state index in [2.05, 4.69) is 4.74 Å². The molecule has 1 aromatic rings. The molecule has 2 N–H and O–H groups in total. The fourth-order valence-electron chi connectivity index (χ4n) is 0.878. The van der Waals surface area contributed by atoms with Crippen molar-refractivity contribution < 1.29 is 27.5 Å². The number of benzene rings is 1. The molecular weight excluding hydrogens is 227 g/mol. The van der Waals surface area contributed by atoms with Crippen molar-refractivity contribution in [2.45, 2.75) is 6.18 Å². The summed E-state index contributed by atoms with van der Waals surface area (Å²) in [4.78, 5) is 21.1. The van der Waals surface area contributed by atoms with E-state index in [1.807, 2.05) is 0 Å². The summed E-state index contributed by atoms with van der Waals surface area (Å²) in [6.07, 6.45) is -5.08. The minimum Gasteiger partial charge on any atom is -0.420 e. The monoisotopic (exact) mass is 233 g/mol. The summed E-state index contributed by atoms with van der Waals surface area (Å²) < 4.78 is 39.5. The number of esters is 1. The molecule has 0 unspecified atom stereocenters. The molecule has 4 nitrogen and oxygen atoms in total. The third kappa shape index (κ3) is 2.97.